The van der Waals surface area contributed by atoms with E-state index in [1.165, 1.54) is 6.20 Å². The van der Waals surface area contributed by atoms with E-state index in [9.17, 15) is 19.2 Å². The Morgan fingerprint density at radius 2 is 1.28 bits per heavy atom. The van der Waals surface area contributed by atoms with E-state index in [1.54, 1.807) is 91.0 Å². The predicted octanol–water partition coefficient (Wildman–Crippen LogP) is 3.59. The molecule has 0 aliphatic carbocycles. The zero-order valence-corrected chi connectivity index (χ0v) is 23.2. The van der Waals surface area contributed by atoms with Crippen LogP contribution < -0.4 is 11.4 Å². The van der Waals surface area contributed by atoms with Gasteiger partial charge in [0.2, 0.25) is 0 Å². The van der Waals surface area contributed by atoms with Crippen LogP contribution in [-0.2, 0) is 25.4 Å². The molecule has 0 radical (unpaired) electrons. The Morgan fingerprint density at radius 3 is 1.79 bits per heavy atom. The highest BCUT2D eigenvalue weighted by Crippen LogP contribution is 2.35. The van der Waals surface area contributed by atoms with E-state index in [1.807, 2.05) is 6.92 Å². The van der Waals surface area contributed by atoms with Gasteiger partial charge in [0.05, 0.1) is 16.7 Å². The number of anilines is 1. The van der Waals surface area contributed by atoms with Crippen LogP contribution in [0.25, 0.3) is 0 Å². The second-order valence-electron chi connectivity index (χ2n) is 9.70. The lowest BCUT2D eigenvalue weighted by atomic mass is 10.1. The summed E-state index contributed by atoms with van der Waals surface area (Å²) in [6, 6.07) is 24.7. The fraction of sp³-hybridized carbons (Fsp3) is 0.219. The average molecular weight is 584 g/mol. The molecule has 2 N–H and O–H groups in total. The molecular weight excluding hydrogens is 554 g/mol. The molecule has 5 rings (SSSR count). The summed E-state index contributed by atoms with van der Waals surface area (Å²) >= 11 is 0. The summed E-state index contributed by atoms with van der Waals surface area (Å²) in [7, 11) is 0. The van der Waals surface area contributed by atoms with E-state index < -0.39 is 48.1 Å². The molecule has 43 heavy (non-hydrogen) atoms. The quantitative estimate of drug-likeness (QED) is 0.229. The summed E-state index contributed by atoms with van der Waals surface area (Å²) in [4.78, 5) is 56.3. The summed E-state index contributed by atoms with van der Waals surface area (Å²) in [5.41, 5.74) is 6.48. The van der Waals surface area contributed by atoms with Gasteiger partial charge in [0.15, 0.2) is 18.4 Å². The molecule has 0 saturated carbocycles. The third kappa shape index (κ3) is 6.62. The van der Waals surface area contributed by atoms with Crippen molar-refractivity contribution >= 4 is 23.7 Å². The zero-order valence-electron chi connectivity index (χ0n) is 23.2. The smallest absolute Gasteiger partial charge is 0.351 e. The number of esters is 3. The van der Waals surface area contributed by atoms with Gasteiger partial charge in [0, 0.05) is 11.8 Å². The van der Waals surface area contributed by atoms with Gasteiger partial charge in [-0.15, -0.1) is 0 Å². The van der Waals surface area contributed by atoms with Crippen molar-refractivity contribution in [1.29, 1.82) is 0 Å². The molecule has 3 aromatic carbocycles. The first-order valence-electron chi connectivity index (χ1n) is 13.6. The third-order valence-corrected chi connectivity index (χ3v) is 6.89. The fourth-order valence-electron chi connectivity index (χ4n) is 4.66. The summed E-state index contributed by atoms with van der Waals surface area (Å²) in [6.45, 7) is 1.45. The summed E-state index contributed by atoms with van der Waals surface area (Å²) in [6.07, 6.45) is -3.14. The number of carbonyl (C=O) groups excluding carboxylic acids is 3. The lowest BCUT2D eigenvalue weighted by molar-refractivity contribution is -0.0640. The van der Waals surface area contributed by atoms with E-state index in [0.717, 1.165) is 4.57 Å². The van der Waals surface area contributed by atoms with Gasteiger partial charge in [-0.3, -0.25) is 4.57 Å². The monoisotopic (exact) mass is 583 g/mol. The Morgan fingerprint density at radius 1 is 0.791 bits per heavy atom. The highest BCUT2D eigenvalue weighted by Gasteiger charge is 2.51. The zero-order chi connectivity index (χ0) is 30.3. The number of nitrogens with two attached hydrogens (primary N) is 1. The number of nitrogen functional groups attached to an aromatic ring is 1. The predicted molar refractivity (Wildman–Crippen MR) is 154 cm³/mol. The molecule has 1 aromatic heterocycles. The maximum atomic E-state index is 13.3. The highest BCUT2D eigenvalue weighted by molar-refractivity contribution is 5.91. The van der Waals surface area contributed by atoms with Crippen molar-refractivity contribution in [2.75, 3.05) is 12.3 Å². The van der Waals surface area contributed by atoms with Crippen LogP contribution >= 0.6 is 0 Å². The molecule has 2 heterocycles. The normalized spacial score (nSPS) is 19.4. The summed E-state index contributed by atoms with van der Waals surface area (Å²) in [5, 5.41) is 0. The average Bonchev–Trinajstić information content (AvgIpc) is 3.36. The van der Waals surface area contributed by atoms with E-state index >= 15 is 0 Å². The fourth-order valence-corrected chi connectivity index (χ4v) is 4.66. The van der Waals surface area contributed by atoms with Crippen molar-refractivity contribution in [1.82, 2.24) is 9.55 Å². The minimum atomic E-state index is -1.34. The van der Waals surface area contributed by atoms with E-state index in [4.69, 9.17) is 24.7 Å². The van der Waals surface area contributed by atoms with E-state index in [0.29, 0.717) is 17.5 Å². The second-order valence-corrected chi connectivity index (χ2v) is 9.70. The molecule has 4 aromatic rings. The summed E-state index contributed by atoms with van der Waals surface area (Å²) in [5.74, 6) is -2.06. The Bertz CT molecular complexity index is 1640. The number of aromatic nitrogens is 2. The van der Waals surface area contributed by atoms with Crippen LogP contribution in [0.15, 0.2) is 102 Å². The number of carbonyl (C=O) groups is 3. The van der Waals surface area contributed by atoms with Crippen LogP contribution in [0.3, 0.4) is 0 Å². The lowest BCUT2D eigenvalue weighted by Gasteiger charge is -2.25. The maximum Gasteiger partial charge on any atom is 0.351 e. The molecule has 4 atom stereocenters. The van der Waals surface area contributed by atoms with E-state index in [-0.39, 0.29) is 23.6 Å². The Hall–Kier alpha value is -5.29. The second kappa shape index (κ2) is 13.1. The molecule has 1 aliphatic heterocycles. The third-order valence-electron chi connectivity index (χ3n) is 6.89. The number of ether oxygens (including phenoxy) is 4. The van der Waals surface area contributed by atoms with E-state index in [2.05, 4.69) is 4.98 Å². The number of hydrogen-bond donors (Lipinski definition) is 1. The summed E-state index contributed by atoms with van der Waals surface area (Å²) < 4.78 is 24.6. The molecule has 0 amide bonds. The molecule has 0 bridgehead atoms. The first-order chi connectivity index (χ1) is 20.9. The maximum absolute atomic E-state index is 13.3. The van der Waals surface area contributed by atoms with Crippen molar-refractivity contribution in [3.63, 3.8) is 0 Å². The largest absolute Gasteiger partial charge is 0.459 e. The van der Waals surface area contributed by atoms with Gasteiger partial charge in [-0.2, -0.15) is 4.98 Å². The number of hydrogen-bond acceptors (Lipinski definition) is 10. The number of nitrogens with zero attached hydrogens (tertiary/aromatic N) is 2. The number of rotatable bonds is 9. The van der Waals surface area contributed by atoms with Crippen molar-refractivity contribution in [2.24, 2.45) is 0 Å². The number of benzene rings is 3. The molecule has 1 saturated heterocycles. The van der Waals surface area contributed by atoms with Crippen molar-refractivity contribution in [3.05, 3.63) is 130 Å². The van der Waals surface area contributed by atoms with Gasteiger partial charge in [-0.1, -0.05) is 61.5 Å². The molecule has 0 spiro atoms. The number of aryl methyl sites for hydroxylation is 1. The lowest BCUT2D eigenvalue weighted by Crippen LogP contribution is -2.42. The van der Waals surface area contributed by atoms with Gasteiger partial charge in [0.1, 0.15) is 18.5 Å². The molecule has 2 unspecified atom stereocenters. The molecule has 1 aliphatic rings. The molecule has 1 fully saturated rings. The van der Waals surface area contributed by atoms with Crippen LogP contribution in [-0.4, -0.2) is 52.4 Å². The Labute approximate surface area is 246 Å². The molecule has 220 valence electrons. The van der Waals surface area contributed by atoms with Gasteiger partial charge in [-0.25, -0.2) is 19.2 Å². The van der Waals surface area contributed by atoms with Gasteiger partial charge in [0.25, 0.3) is 0 Å². The Kier molecular flexibility index (Phi) is 8.92. The van der Waals surface area contributed by atoms with Crippen LogP contribution in [0.2, 0.25) is 0 Å². The molecule has 11 heteroatoms. The van der Waals surface area contributed by atoms with Crippen LogP contribution in [0.5, 0.6) is 0 Å². The van der Waals surface area contributed by atoms with Crippen LogP contribution in [0.4, 0.5) is 5.82 Å². The SMILES string of the molecule is CCc1cn([C@@H]2O[C@H](COC(=O)c3ccccc3)C(OC(=O)c3ccccc3)C2OC(=O)c2ccccc2)c(=O)nc1N. The van der Waals surface area contributed by atoms with Crippen LogP contribution in [0.1, 0.15) is 49.8 Å². The van der Waals surface area contributed by atoms with Crippen molar-refractivity contribution in [2.45, 2.75) is 37.9 Å². The van der Waals surface area contributed by atoms with Gasteiger partial charge >= 0.3 is 23.6 Å². The van der Waals surface area contributed by atoms with Crippen molar-refractivity contribution < 1.29 is 33.3 Å². The standard InChI is InChI=1S/C32H29N3O8/c1-2-20-18-35(32(39)34-27(20)33)28-26(43-31(38)23-16-10-5-11-17-23)25(42-30(37)22-14-8-4-9-15-22)24(41-28)19-40-29(36)21-12-6-3-7-13-21/h3-18,24-26,28H,2,19H2,1H3,(H2,33,34,39)/t24-,25?,26?,28-/m1/s1. The van der Waals surface area contributed by atoms with Gasteiger partial charge < -0.3 is 24.7 Å². The minimum Gasteiger partial charge on any atom is -0.459 e. The highest BCUT2D eigenvalue weighted by atomic mass is 16.7. The molecule has 11 nitrogen and oxygen atoms in total. The topological polar surface area (TPSA) is 149 Å². The first kappa shape index (κ1) is 29.2. The van der Waals surface area contributed by atoms with Gasteiger partial charge in [-0.05, 0) is 42.8 Å². The van der Waals surface area contributed by atoms with Crippen LogP contribution in [0, 0.1) is 0 Å². The Balaban J connectivity index is 1.53. The molecular formula is C32H29N3O8. The first-order valence-corrected chi connectivity index (χ1v) is 13.6. The minimum absolute atomic E-state index is 0.0555. The van der Waals surface area contributed by atoms with Crippen molar-refractivity contribution in [3.8, 4) is 0 Å².